The highest BCUT2D eigenvalue weighted by molar-refractivity contribution is 9.11. The van der Waals surface area contributed by atoms with Gasteiger partial charge in [-0.25, -0.2) is 0 Å². The van der Waals surface area contributed by atoms with Crippen LogP contribution in [0.4, 0.5) is 11.4 Å². The van der Waals surface area contributed by atoms with Gasteiger partial charge in [-0.2, -0.15) is 4.99 Å². The minimum absolute atomic E-state index is 0.627. The minimum Gasteiger partial charge on any atom is -0.398 e. The highest BCUT2D eigenvalue weighted by atomic mass is 79.9. The number of rotatable bonds is 1. The summed E-state index contributed by atoms with van der Waals surface area (Å²) in [6, 6.07) is 3.54. The van der Waals surface area contributed by atoms with Gasteiger partial charge in [-0.05, 0) is 56.2 Å². The zero-order chi connectivity index (χ0) is 9.14. The lowest BCUT2D eigenvalue weighted by Gasteiger charge is -2.00. The van der Waals surface area contributed by atoms with Crippen LogP contribution in [0.2, 0.25) is 0 Å². The molecule has 0 amide bonds. The van der Waals surface area contributed by atoms with Crippen LogP contribution in [0.5, 0.6) is 0 Å². The molecule has 0 aliphatic carbocycles. The van der Waals surface area contributed by atoms with Crippen LogP contribution >= 0.6 is 44.1 Å². The van der Waals surface area contributed by atoms with Crippen molar-refractivity contribution in [3.8, 4) is 0 Å². The quantitative estimate of drug-likeness (QED) is 0.490. The fraction of sp³-hybridized carbons (Fsp3) is 0. The van der Waals surface area contributed by atoms with E-state index in [0.29, 0.717) is 11.4 Å². The van der Waals surface area contributed by atoms with Gasteiger partial charge in [0.2, 0.25) is 0 Å². The molecule has 0 bridgehead atoms. The highest BCUT2D eigenvalue weighted by Gasteiger charge is 2.02. The number of anilines is 1. The first-order chi connectivity index (χ1) is 5.65. The summed E-state index contributed by atoms with van der Waals surface area (Å²) in [5.74, 6) is 0. The summed E-state index contributed by atoms with van der Waals surface area (Å²) in [5.41, 5.74) is 6.94. The summed E-state index contributed by atoms with van der Waals surface area (Å²) in [7, 11) is 0. The van der Waals surface area contributed by atoms with Gasteiger partial charge in [-0.3, -0.25) is 0 Å². The Morgan fingerprint density at radius 2 is 2.00 bits per heavy atom. The lowest BCUT2D eigenvalue weighted by atomic mass is 10.3. The SMILES string of the molecule is Nc1cc(N=C=S)c(Br)cc1Br. The average Bonchev–Trinajstić information content (AvgIpc) is 2.01. The number of halogens is 2. The van der Waals surface area contributed by atoms with Crippen LogP contribution in [-0.4, -0.2) is 5.16 Å². The van der Waals surface area contributed by atoms with Crippen molar-refractivity contribution < 1.29 is 0 Å². The maximum atomic E-state index is 5.63. The topological polar surface area (TPSA) is 38.4 Å². The Balaban J connectivity index is 3.32. The van der Waals surface area contributed by atoms with Gasteiger partial charge in [0.25, 0.3) is 0 Å². The van der Waals surface area contributed by atoms with E-state index >= 15 is 0 Å². The maximum Gasteiger partial charge on any atom is 0.0902 e. The first-order valence-electron chi connectivity index (χ1n) is 2.97. The molecule has 0 aromatic heterocycles. The van der Waals surface area contributed by atoms with Gasteiger partial charge in [0.1, 0.15) is 0 Å². The largest absolute Gasteiger partial charge is 0.398 e. The molecule has 0 spiro atoms. The van der Waals surface area contributed by atoms with E-state index in [0.717, 1.165) is 8.95 Å². The van der Waals surface area contributed by atoms with Crippen molar-refractivity contribution in [1.82, 2.24) is 0 Å². The molecule has 0 saturated heterocycles. The number of hydrogen-bond donors (Lipinski definition) is 1. The molecule has 0 atom stereocenters. The van der Waals surface area contributed by atoms with E-state index in [1.165, 1.54) is 0 Å². The fourth-order valence-electron chi connectivity index (χ4n) is 0.689. The monoisotopic (exact) mass is 306 g/mol. The minimum atomic E-state index is 0.627. The summed E-state index contributed by atoms with van der Waals surface area (Å²) < 4.78 is 1.67. The average molecular weight is 308 g/mol. The summed E-state index contributed by atoms with van der Waals surface area (Å²) in [4.78, 5) is 3.83. The van der Waals surface area contributed by atoms with Crippen LogP contribution in [0.1, 0.15) is 0 Å². The van der Waals surface area contributed by atoms with Gasteiger partial charge in [0.05, 0.1) is 10.8 Å². The van der Waals surface area contributed by atoms with Crippen molar-refractivity contribution >= 4 is 60.6 Å². The molecule has 62 valence electrons. The zero-order valence-electron chi connectivity index (χ0n) is 5.84. The highest BCUT2D eigenvalue weighted by Crippen LogP contribution is 2.32. The van der Waals surface area contributed by atoms with Gasteiger partial charge in [0.15, 0.2) is 0 Å². The lowest BCUT2D eigenvalue weighted by Crippen LogP contribution is -1.85. The predicted octanol–water partition coefficient (Wildman–Crippen LogP) is 3.53. The Labute approximate surface area is 92.1 Å². The molecule has 1 rings (SSSR count). The molecular formula is C7H4Br2N2S. The summed E-state index contributed by atoms with van der Waals surface area (Å²) in [6.45, 7) is 0. The lowest BCUT2D eigenvalue weighted by molar-refractivity contribution is 1.49. The van der Waals surface area contributed by atoms with Crippen LogP contribution < -0.4 is 5.73 Å². The number of hydrogen-bond acceptors (Lipinski definition) is 3. The van der Waals surface area contributed by atoms with Crippen molar-refractivity contribution in [3.63, 3.8) is 0 Å². The number of nitrogen functional groups attached to an aromatic ring is 1. The molecule has 2 nitrogen and oxygen atoms in total. The molecule has 0 saturated carbocycles. The normalized spacial score (nSPS) is 9.17. The van der Waals surface area contributed by atoms with Crippen LogP contribution in [0.25, 0.3) is 0 Å². The van der Waals surface area contributed by atoms with Crippen LogP contribution in [0.15, 0.2) is 26.1 Å². The molecule has 0 fully saturated rings. The molecule has 2 N–H and O–H groups in total. The maximum absolute atomic E-state index is 5.63. The third-order valence-electron chi connectivity index (χ3n) is 1.23. The van der Waals surface area contributed by atoms with Crippen LogP contribution in [0.3, 0.4) is 0 Å². The van der Waals surface area contributed by atoms with E-state index in [1.807, 2.05) is 6.07 Å². The van der Waals surface area contributed by atoms with Gasteiger partial charge >= 0.3 is 0 Å². The van der Waals surface area contributed by atoms with Crippen molar-refractivity contribution in [3.05, 3.63) is 21.1 Å². The Bertz CT molecular complexity index is 359. The Kier molecular flexibility index (Phi) is 3.40. The predicted molar refractivity (Wildman–Crippen MR) is 60.9 cm³/mol. The van der Waals surface area contributed by atoms with Crippen LogP contribution in [-0.2, 0) is 0 Å². The second kappa shape index (κ2) is 4.14. The van der Waals surface area contributed by atoms with E-state index in [-0.39, 0.29) is 0 Å². The Morgan fingerprint density at radius 3 is 2.58 bits per heavy atom. The van der Waals surface area contributed by atoms with Gasteiger partial charge in [-0.1, -0.05) is 0 Å². The molecule has 12 heavy (non-hydrogen) atoms. The van der Waals surface area contributed by atoms with E-state index in [4.69, 9.17) is 5.73 Å². The molecule has 0 radical (unpaired) electrons. The van der Waals surface area contributed by atoms with Gasteiger partial charge < -0.3 is 5.73 Å². The Hall–Kier alpha value is -0.220. The number of aliphatic imine (C=N–C) groups is 1. The zero-order valence-corrected chi connectivity index (χ0v) is 9.83. The van der Waals surface area contributed by atoms with E-state index in [2.05, 4.69) is 54.2 Å². The molecule has 0 aliphatic rings. The van der Waals surface area contributed by atoms with Crippen molar-refractivity contribution in [2.45, 2.75) is 0 Å². The first kappa shape index (κ1) is 9.86. The smallest absolute Gasteiger partial charge is 0.0902 e. The van der Waals surface area contributed by atoms with Gasteiger partial charge in [-0.15, -0.1) is 0 Å². The van der Waals surface area contributed by atoms with Crippen molar-refractivity contribution in [2.24, 2.45) is 4.99 Å². The summed E-state index contributed by atoms with van der Waals surface area (Å²) in [5, 5.41) is 2.28. The van der Waals surface area contributed by atoms with E-state index < -0.39 is 0 Å². The second-order valence-electron chi connectivity index (χ2n) is 2.03. The van der Waals surface area contributed by atoms with Crippen molar-refractivity contribution in [1.29, 1.82) is 0 Å². The fourth-order valence-corrected chi connectivity index (χ4v) is 1.87. The molecule has 5 heteroatoms. The van der Waals surface area contributed by atoms with Gasteiger partial charge in [0, 0.05) is 14.6 Å². The summed E-state index contributed by atoms with van der Waals surface area (Å²) in [6.07, 6.45) is 0. The third-order valence-corrected chi connectivity index (χ3v) is 2.65. The molecule has 0 unspecified atom stereocenters. The number of nitrogens with zero attached hydrogens (tertiary/aromatic N) is 1. The van der Waals surface area contributed by atoms with Crippen molar-refractivity contribution in [2.75, 3.05) is 5.73 Å². The second-order valence-corrected chi connectivity index (χ2v) is 3.92. The number of thiocarbonyl (C=S) groups is 1. The molecule has 0 heterocycles. The first-order valence-corrected chi connectivity index (χ1v) is 4.97. The molecular weight excluding hydrogens is 304 g/mol. The Morgan fingerprint density at radius 1 is 1.33 bits per heavy atom. The van der Waals surface area contributed by atoms with E-state index in [1.54, 1.807) is 6.07 Å². The third kappa shape index (κ3) is 2.14. The molecule has 0 aliphatic heterocycles. The molecule has 1 aromatic carbocycles. The number of isothiocyanates is 1. The standard InChI is InChI=1S/C7H4Br2N2S/c8-4-1-5(9)7(11-3-12)2-6(4)10/h1-2H,10H2. The summed E-state index contributed by atoms with van der Waals surface area (Å²) >= 11 is 11.1. The number of benzene rings is 1. The van der Waals surface area contributed by atoms with E-state index in [9.17, 15) is 0 Å². The number of nitrogens with two attached hydrogens (primary N) is 1. The molecule has 1 aromatic rings. The van der Waals surface area contributed by atoms with Crippen LogP contribution in [0, 0.1) is 0 Å².